The minimum Gasteiger partial charge on any atom is -0.337 e. The lowest BCUT2D eigenvalue weighted by atomic mass is 10.2. The molecule has 0 aliphatic heterocycles. The monoisotopic (exact) mass is 292 g/mol. The van der Waals surface area contributed by atoms with E-state index in [1.165, 1.54) is 0 Å². The van der Waals surface area contributed by atoms with E-state index in [4.69, 9.17) is 0 Å². The van der Waals surface area contributed by atoms with Gasteiger partial charge in [0.2, 0.25) is 10.0 Å². The molecule has 106 valence electrons. The molecule has 6 nitrogen and oxygen atoms in total. The van der Waals surface area contributed by atoms with Crippen LogP contribution in [0.3, 0.4) is 0 Å². The van der Waals surface area contributed by atoms with Crippen molar-refractivity contribution in [2.24, 2.45) is 0 Å². The van der Waals surface area contributed by atoms with Crippen LogP contribution in [0.1, 0.15) is 11.4 Å². The number of aryl methyl sites for hydroxylation is 2. The first-order valence-corrected chi connectivity index (χ1v) is 7.88. The van der Waals surface area contributed by atoms with Crippen molar-refractivity contribution in [2.75, 3.05) is 16.3 Å². The van der Waals surface area contributed by atoms with Crippen LogP contribution in [0, 0.1) is 13.8 Å². The molecule has 2 N–H and O–H groups in total. The summed E-state index contributed by atoms with van der Waals surface area (Å²) in [5, 5.41) is 3.10. The molecule has 20 heavy (non-hydrogen) atoms. The Morgan fingerprint density at radius 1 is 1.10 bits per heavy atom. The molecular weight excluding hydrogens is 276 g/mol. The number of para-hydroxylation sites is 2. The molecule has 1 heterocycles. The number of nitrogens with one attached hydrogen (secondary N) is 2. The average Bonchev–Trinajstić information content (AvgIpc) is 2.34. The summed E-state index contributed by atoms with van der Waals surface area (Å²) in [7, 11) is -3.34. The van der Waals surface area contributed by atoms with E-state index in [0.29, 0.717) is 17.2 Å². The summed E-state index contributed by atoms with van der Waals surface area (Å²) in [6.07, 6.45) is 2.79. The smallest absolute Gasteiger partial charge is 0.229 e. The Labute approximate surface area is 118 Å². The molecule has 1 aromatic heterocycles. The molecule has 0 saturated carbocycles. The van der Waals surface area contributed by atoms with Crippen LogP contribution in [-0.2, 0) is 10.0 Å². The summed E-state index contributed by atoms with van der Waals surface area (Å²) in [5.41, 5.74) is 2.62. The van der Waals surface area contributed by atoms with Crippen molar-refractivity contribution in [3.63, 3.8) is 0 Å². The molecule has 0 saturated heterocycles. The van der Waals surface area contributed by atoms with Gasteiger partial charge >= 0.3 is 0 Å². The fourth-order valence-electron chi connectivity index (χ4n) is 1.66. The lowest BCUT2D eigenvalue weighted by Gasteiger charge is -2.13. The number of sulfonamides is 1. The number of aromatic nitrogens is 2. The highest BCUT2D eigenvalue weighted by Crippen LogP contribution is 2.26. The topological polar surface area (TPSA) is 84.0 Å². The second kappa shape index (κ2) is 5.46. The van der Waals surface area contributed by atoms with Gasteiger partial charge in [-0.15, -0.1) is 0 Å². The zero-order valence-corrected chi connectivity index (χ0v) is 12.3. The van der Waals surface area contributed by atoms with Crippen LogP contribution in [0.15, 0.2) is 30.5 Å². The van der Waals surface area contributed by atoms with Gasteiger partial charge in [0.25, 0.3) is 0 Å². The Morgan fingerprint density at radius 2 is 1.75 bits per heavy atom. The van der Waals surface area contributed by atoms with Gasteiger partial charge in [0.05, 0.1) is 29.0 Å². The molecule has 0 unspecified atom stereocenters. The third kappa shape index (κ3) is 3.67. The summed E-state index contributed by atoms with van der Waals surface area (Å²) in [6.45, 7) is 3.68. The SMILES string of the molecule is Cc1cnc(C)c(Nc2ccccc2NS(C)(=O)=O)n1. The van der Waals surface area contributed by atoms with E-state index in [1.54, 1.807) is 24.4 Å². The first-order valence-electron chi connectivity index (χ1n) is 5.99. The number of nitrogens with zero attached hydrogens (tertiary/aromatic N) is 2. The molecule has 0 amide bonds. The third-order valence-corrected chi connectivity index (χ3v) is 3.14. The molecule has 7 heteroatoms. The van der Waals surface area contributed by atoms with Crippen molar-refractivity contribution >= 4 is 27.2 Å². The van der Waals surface area contributed by atoms with E-state index >= 15 is 0 Å². The van der Waals surface area contributed by atoms with Crippen LogP contribution in [0.4, 0.5) is 17.2 Å². The lowest BCUT2D eigenvalue weighted by Crippen LogP contribution is -2.11. The standard InChI is InChI=1S/C13H16N4O2S/c1-9-8-14-10(2)13(15-9)16-11-6-4-5-7-12(11)17-20(3,18)19/h4-8,17H,1-3H3,(H,15,16). The van der Waals surface area contributed by atoms with Crippen molar-refractivity contribution in [2.45, 2.75) is 13.8 Å². The number of rotatable bonds is 4. The van der Waals surface area contributed by atoms with E-state index in [-0.39, 0.29) is 0 Å². The second-order valence-electron chi connectivity index (χ2n) is 4.49. The molecular formula is C13H16N4O2S. The first kappa shape index (κ1) is 14.3. The summed E-state index contributed by atoms with van der Waals surface area (Å²) in [6, 6.07) is 7.03. The molecule has 0 aliphatic rings. The maximum atomic E-state index is 11.4. The van der Waals surface area contributed by atoms with Crippen molar-refractivity contribution in [3.05, 3.63) is 41.9 Å². The summed E-state index contributed by atoms with van der Waals surface area (Å²) in [5.74, 6) is 0.604. The summed E-state index contributed by atoms with van der Waals surface area (Å²) in [4.78, 5) is 8.57. The van der Waals surface area contributed by atoms with E-state index < -0.39 is 10.0 Å². The van der Waals surface area contributed by atoms with Crippen LogP contribution in [0.2, 0.25) is 0 Å². The fourth-order valence-corrected chi connectivity index (χ4v) is 2.24. The van der Waals surface area contributed by atoms with Gasteiger partial charge in [-0.2, -0.15) is 0 Å². The van der Waals surface area contributed by atoms with Crippen molar-refractivity contribution in [1.82, 2.24) is 9.97 Å². The van der Waals surface area contributed by atoms with Gasteiger partial charge in [-0.3, -0.25) is 9.71 Å². The average molecular weight is 292 g/mol. The van der Waals surface area contributed by atoms with Crippen LogP contribution >= 0.6 is 0 Å². The zero-order valence-electron chi connectivity index (χ0n) is 11.5. The van der Waals surface area contributed by atoms with Crippen LogP contribution < -0.4 is 10.0 Å². The fraction of sp³-hybridized carbons (Fsp3) is 0.231. The molecule has 0 radical (unpaired) electrons. The molecule has 2 rings (SSSR count). The highest BCUT2D eigenvalue weighted by molar-refractivity contribution is 7.92. The minimum absolute atomic E-state index is 0.470. The van der Waals surface area contributed by atoms with Gasteiger partial charge in [-0.05, 0) is 26.0 Å². The van der Waals surface area contributed by atoms with Crippen LogP contribution in [0.25, 0.3) is 0 Å². The quantitative estimate of drug-likeness (QED) is 0.902. The normalized spacial score (nSPS) is 11.2. The van der Waals surface area contributed by atoms with E-state index in [0.717, 1.165) is 17.6 Å². The Hall–Kier alpha value is -2.15. The Kier molecular flexibility index (Phi) is 3.89. The number of hydrogen-bond acceptors (Lipinski definition) is 5. The van der Waals surface area contributed by atoms with E-state index in [9.17, 15) is 8.42 Å². The maximum absolute atomic E-state index is 11.4. The van der Waals surface area contributed by atoms with E-state index in [2.05, 4.69) is 20.0 Å². The zero-order chi connectivity index (χ0) is 14.8. The Balaban J connectivity index is 2.36. The largest absolute Gasteiger partial charge is 0.337 e. The van der Waals surface area contributed by atoms with Gasteiger partial charge < -0.3 is 5.32 Å². The van der Waals surface area contributed by atoms with Gasteiger partial charge in [0.15, 0.2) is 5.82 Å². The number of benzene rings is 1. The number of hydrogen-bond donors (Lipinski definition) is 2. The summed E-state index contributed by atoms with van der Waals surface area (Å²) < 4.78 is 25.2. The first-order chi connectivity index (χ1) is 9.35. The van der Waals surface area contributed by atoms with Gasteiger partial charge in [0, 0.05) is 6.20 Å². The maximum Gasteiger partial charge on any atom is 0.229 e. The van der Waals surface area contributed by atoms with Gasteiger partial charge in [0.1, 0.15) is 0 Å². The highest BCUT2D eigenvalue weighted by atomic mass is 32.2. The highest BCUT2D eigenvalue weighted by Gasteiger charge is 2.09. The molecule has 0 bridgehead atoms. The van der Waals surface area contributed by atoms with Crippen LogP contribution in [-0.4, -0.2) is 24.6 Å². The van der Waals surface area contributed by atoms with Gasteiger partial charge in [-0.25, -0.2) is 13.4 Å². The third-order valence-electron chi connectivity index (χ3n) is 2.55. The molecule has 0 aliphatic carbocycles. The van der Waals surface area contributed by atoms with Crippen molar-refractivity contribution in [1.29, 1.82) is 0 Å². The minimum atomic E-state index is -3.34. The predicted molar refractivity (Wildman–Crippen MR) is 79.7 cm³/mol. The van der Waals surface area contributed by atoms with Gasteiger partial charge in [-0.1, -0.05) is 12.1 Å². The molecule has 1 aromatic carbocycles. The molecule has 2 aromatic rings. The summed E-state index contributed by atoms with van der Waals surface area (Å²) >= 11 is 0. The molecule has 0 atom stereocenters. The second-order valence-corrected chi connectivity index (χ2v) is 6.24. The van der Waals surface area contributed by atoms with Crippen molar-refractivity contribution < 1.29 is 8.42 Å². The van der Waals surface area contributed by atoms with Crippen molar-refractivity contribution in [3.8, 4) is 0 Å². The Bertz CT molecular complexity index is 729. The van der Waals surface area contributed by atoms with E-state index in [1.807, 2.05) is 19.9 Å². The predicted octanol–water partition coefficient (Wildman–Crippen LogP) is 2.21. The Morgan fingerprint density at radius 3 is 2.40 bits per heavy atom. The lowest BCUT2D eigenvalue weighted by molar-refractivity contribution is 0.607. The van der Waals surface area contributed by atoms with Crippen LogP contribution in [0.5, 0.6) is 0 Å². The molecule has 0 spiro atoms. The number of anilines is 3. The molecule has 0 fully saturated rings.